The highest BCUT2D eigenvalue weighted by Gasteiger charge is 2.35. The molecule has 1 aromatic heterocycles. The molecule has 1 amide bonds. The minimum Gasteiger partial charge on any atom is -0.378 e. The molecule has 2 unspecified atom stereocenters. The van der Waals surface area contributed by atoms with Crippen LogP contribution in [0.25, 0.3) is 0 Å². The van der Waals surface area contributed by atoms with Crippen LogP contribution in [-0.2, 0) is 22.5 Å². The van der Waals surface area contributed by atoms with E-state index in [4.69, 9.17) is 9.84 Å². The maximum absolute atomic E-state index is 13.5. The number of amides is 1. The Labute approximate surface area is 209 Å². The molecule has 0 aliphatic carbocycles. The number of benzene rings is 1. The van der Waals surface area contributed by atoms with Gasteiger partial charge < -0.3 is 19.4 Å². The number of hydrogen-bond acceptors (Lipinski definition) is 6. The van der Waals surface area contributed by atoms with E-state index in [1.807, 2.05) is 30.9 Å². The van der Waals surface area contributed by atoms with Crippen LogP contribution in [0, 0.1) is 13.8 Å². The first-order valence-electron chi connectivity index (χ1n) is 12.7. The molecular formula is C26H36N5O3P. The van der Waals surface area contributed by atoms with Crippen molar-refractivity contribution < 1.29 is 9.53 Å². The molecule has 0 bridgehead atoms. The fraction of sp³-hybridized carbons (Fsp3) is 0.577. The van der Waals surface area contributed by atoms with E-state index in [0.717, 1.165) is 75.7 Å². The summed E-state index contributed by atoms with van der Waals surface area (Å²) in [5.41, 5.74) is 4.73. The van der Waals surface area contributed by atoms with Crippen molar-refractivity contribution >= 4 is 32.3 Å². The quantitative estimate of drug-likeness (QED) is 0.592. The molecule has 8 nitrogen and oxygen atoms in total. The molecular weight excluding hydrogens is 461 g/mol. The van der Waals surface area contributed by atoms with E-state index >= 15 is 0 Å². The van der Waals surface area contributed by atoms with Crippen LogP contribution in [0.5, 0.6) is 0 Å². The Hall–Kier alpha value is -2.44. The SMILES string of the molecule is CCC1(P)CCN(c2nn(CC(=O)N3CCc4c(N5CCOCC5)cccc43)c(=O)c(C)c2C)C1. The molecule has 0 spiro atoms. The number of carbonyl (C=O) groups excluding carboxylic acids is 1. The van der Waals surface area contributed by atoms with Crippen molar-refractivity contribution in [2.45, 2.75) is 51.7 Å². The zero-order valence-electron chi connectivity index (χ0n) is 21.0. The molecule has 9 heteroatoms. The van der Waals surface area contributed by atoms with Crippen LogP contribution in [0.15, 0.2) is 23.0 Å². The molecule has 1 aromatic carbocycles. The summed E-state index contributed by atoms with van der Waals surface area (Å²) in [6, 6.07) is 6.17. The van der Waals surface area contributed by atoms with E-state index in [1.54, 1.807) is 0 Å². The first kappa shape index (κ1) is 24.3. The predicted octanol–water partition coefficient (Wildman–Crippen LogP) is 2.52. The molecule has 0 radical (unpaired) electrons. The lowest BCUT2D eigenvalue weighted by atomic mass is 10.1. The lowest BCUT2D eigenvalue weighted by Crippen LogP contribution is -2.39. The molecule has 2 fully saturated rings. The molecule has 4 heterocycles. The molecule has 35 heavy (non-hydrogen) atoms. The van der Waals surface area contributed by atoms with Crippen molar-refractivity contribution in [3.8, 4) is 0 Å². The third-order valence-corrected chi connectivity index (χ3v) is 8.88. The Morgan fingerprint density at radius 1 is 1.09 bits per heavy atom. The minimum absolute atomic E-state index is 0.0538. The second kappa shape index (κ2) is 9.55. The lowest BCUT2D eigenvalue weighted by Gasteiger charge is -2.30. The number of rotatable bonds is 5. The van der Waals surface area contributed by atoms with Crippen LogP contribution in [0.3, 0.4) is 0 Å². The zero-order chi connectivity index (χ0) is 24.7. The van der Waals surface area contributed by atoms with Crippen LogP contribution in [0.2, 0.25) is 0 Å². The maximum Gasteiger partial charge on any atom is 0.270 e. The summed E-state index contributed by atoms with van der Waals surface area (Å²) >= 11 is 0. The van der Waals surface area contributed by atoms with Crippen molar-refractivity contribution in [3.05, 3.63) is 45.2 Å². The van der Waals surface area contributed by atoms with Gasteiger partial charge in [0.25, 0.3) is 5.56 Å². The largest absolute Gasteiger partial charge is 0.378 e. The number of hydrogen-bond donors (Lipinski definition) is 0. The van der Waals surface area contributed by atoms with Gasteiger partial charge >= 0.3 is 0 Å². The lowest BCUT2D eigenvalue weighted by molar-refractivity contribution is -0.119. The first-order chi connectivity index (χ1) is 16.8. The summed E-state index contributed by atoms with van der Waals surface area (Å²) in [5, 5.41) is 4.90. The van der Waals surface area contributed by atoms with Gasteiger partial charge in [0, 0.05) is 65.9 Å². The van der Waals surface area contributed by atoms with Crippen molar-refractivity contribution in [1.82, 2.24) is 9.78 Å². The van der Waals surface area contributed by atoms with Crippen LogP contribution in [0.1, 0.15) is 36.5 Å². The van der Waals surface area contributed by atoms with Gasteiger partial charge in [0.05, 0.1) is 13.2 Å². The summed E-state index contributed by atoms with van der Waals surface area (Å²) in [4.78, 5) is 33.0. The van der Waals surface area contributed by atoms with Gasteiger partial charge in [0.15, 0.2) is 5.82 Å². The molecule has 188 valence electrons. The Morgan fingerprint density at radius 2 is 1.83 bits per heavy atom. The van der Waals surface area contributed by atoms with Gasteiger partial charge in [0.1, 0.15) is 6.54 Å². The van der Waals surface area contributed by atoms with E-state index in [-0.39, 0.29) is 23.2 Å². The summed E-state index contributed by atoms with van der Waals surface area (Å²) in [7, 11) is 3.01. The van der Waals surface area contributed by atoms with Crippen LogP contribution < -0.4 is 20.3 Å². The van der Waals surface area contributed by atoms with E-state index in [1.165, 1.54) is 15.9 Å². The average Bonchev–Trinajstić information content (AvgIpc) is 3.49. The molecule has 0 saturated carbocycles. The van der Waals surface area contributed by atoms with Gasteiger partial charge in [-0.05, 0) is 45.2 Å². The van der Waals surface area contributed by atoms with E-state index in [9.17, 15) is 9.59 Å². The standard InChI is InChI=1S/C26H36N5O3P/c1-4-26(35)9-11-29(17-26)24-18(2)19(3)25(33)31(27-24)16-23(32)30-10-8-20-21(6-5-7-22(20)30)28-12-14-34-15-13-28/h5-7H,4,8-17,35H2,1-3H3. The second-order valence-electron chi connectivity index (χ2n) is 10.1. The van der Waals surface area contributed by atoms with Gasteiger partial charge in [-0.2, -0.15) is 5.10 Å². The van der Waals surface area contributed by atoms with Gasteiger partial charge in [0.2, 0.25) is 5.91 Å². The molecule has 5 rings (SSSR count). The van der Waals surface area contributed by atoms with E-state index < -0.39 is 0 Å². The highest BCUT2D eigenvalue weighted by Crippen LogP contribution is 2.37. The van der Waals surface area contributed by atoms with Crippen LogP contribution >= 0.6 is 9.24 Å². The Bertz CT molecular complexity index is 1190. The smallest absolute Gasteiger partial charge is 0.270 e. The van der Waals surface area contributed by atoms with Gasteiger partial charge in [-0.25, -0.2) is 4.68 Å². The number of carbonyl (C=O) groups is 1. The van der Waals surface area contributed by atoms with Crippen molar-refractivity contribution in [2.75, 3.05) is 60.6 Å². The average molecular weight is 498 g/mol. The number of anilines is 3. The Kier molecular flexibility index (Phi) is 6.62. The maximum atomic E-state index is 13.5. The van der Waals surface area contributed by atoms with Gasteiger partial charge in [-0.3, -0.25) is 9.59 Å². The minimum atomic E-state index is -0.187. The molecule has 2 saturated heterocycles. The Morgan fingerprint density at radius 3 is 2.54 bits per heavy atom. The van der Waals surface area contributed by atoms with Crippen molar-refractivity contribution in [3.63, 3.8) is 0 Å². The van der Waals surface area contributed by atoms with Crippen molar-refractivity contribution in [2.24, 2.45) is 0 Å². The monoisotopic (exact) mass is 497 g/mol. The second-order valence-corrected chi connectivity index (χ2v) is 11.3. The number of aromatic nitrogens is 2. The summed E-state index contributed by atoms with van der Waals surface area (Å²) < 4.78 is 6.88. The highest BCUT2D eigenvalue weighted by molar-refractivity contribution is 7.19. The molecule has 2 aromatic rings. The first-order valence-corrected chi connectivity index (χ1v) is 13.3. The number of ether oxygens (including phenoxy) is 1. The summed E-state index contributed by atoms with van der Waals surface area (Å²) in [6.45, 7) is 11.5. The number of morpholine rings is 1. The van der Waals surface area contributed by atoms with Gasteiger partial charge in [-0.15, -0.1) is 9.24 Å². The summed E-state index contributed by atoms with van der Waals surface area (Å²) in [6.07, 6.45) is 2.96. The molecule has 0 N–H and O–H groups in total. The van der Waals surface area contributed by atoms with Gasteiger partial charge in [-0.1, -0.05) is 13.0 Å². The number of fused-ring (bicyclic) bond motifs is 1. The normalized spacial score (nSPS) is 22.1. The molecule has 3 aliphatic heterocycles. The topological polar surface area (TPSA) is 70.9 Å². The van der Waals surface area contributed by atoms with Crippen LogP contribution in [0.4, 0.5) is 17.2 Å². The fourth-order valence-electron chi connectivity index (χ4n) is 5.52. The zero-order valence-corrected chi connectivity index (χ0v) is 22.2. The third kappa shape index (κ3) is 4.47. The van der Waals surface area contributed by atoms with Crippen molar-refractivity contribution in [1.29, 1.82) is 0 Å². The van der Waals surface area contributed by atoms with E-state index in [2.05, 4.69) is 32.0 Å². The fourth-order valence-corrected chi connectivity index (χ4v) is 5.87. The van der Waals surface area contributed by atoms with Crippen LogP contribution in [-0.4, -0.2) is 66.8 Å². The third-order valence-electron chi connectivity index (χ3n) is 8.00. The molecule has 3 aliphatic rings. The van der Waals surface area contributed by atoms with E-state index in [0.29, 0.717) is 12.1 Å². The Balaban J connectivity index is 1.40. The number of nitrogens with zero attached hydrogens (tertiary/aromatic N) is 5. The molecule has 2 atom stereocenters. The highest BCUT2D eigenvalue weighted by atomic mass is 31.0. The summed E-state index contributed by atoms with van der Waals surface area (Å²) in [5.74, 6) is 0.728. The predicted molar refractivity (Wildman–Crippen MR) is 143 cm³/mol.